The second-order valence-corrected chi connectivity index (χ2v) is 17.8. The zero-order chi connectivity index (χ0) is 41.4. The Morgan fingerprint density at radius 2 is 0.964 bits per heavy atom. The van der Waals surface area contributed by atoms with Gasteiger partial charge in [0.2, 0.25) is 0 Å². The summed E-state index contributed by atoms with van der Waals surface area (Å²) in [4.78, 5) is 37.5. The fraction of sp³-hybridized carbons (Fsp3) is 0.826. The largest absolute Gasteiger partial charge is 0.756 e. The molecule has 2 atom stereocenters. The molecule has 0 aliphatic heterocycles. The lowest BCUT2D eigenvalue weighted by Crippen LogP contribution is -2.37. The van der Waals surface area contributed by atoms with E-state index < -0.39 is 32.5 Å². The van der Waals surface area contributed by atoms with Gasteiger partial charge in [0.05, 0.1) is 27.7 Å². The van der Waals surface area contributed by atoms with Gasteiger partial charge in [0, 0.05) is 12.8 Å². The van der Waals surface area contributed by atoms with Crippen molar-refractivity contribution < 1.29 is 42.1 Å². The third-order valence-electron chi connectivity index (χ3n) is 9.66. The van der Waals surface area contributed by atoms with E-state index in [4.69, 9.17) is 18.5 Å². The van der Waals surface area contributed by atoms with Crippen molar-refractivity contribution in [3.63, 3.8) is 0 Å². The number of hydrogen-bond acceptors (Lipinski definition) is 8. The van der Waals surface area contributed by atoms with Gasteiger partial charge in [-0.3, -0.25) is 14.2 Å². The van der Waals surface area contributed by atoms with Gasteiger partial charge in [-0.1, -0.05) is 153 Å². The Morgan fingerprint density at radius 3 is 1.43 bits per heavy atom. The maximum Gasteiger partial charge on any atom is 0.306 e. The Bertz CT molecular complexity index is 1050. The third-order valence-corrected chi connectivity index (χ3v) is 10.6. The van der Waals surface area contributed by atoms with E-state index in [1.807, 2.05) is 21.1 Å². The minimum absolute atomic E-state index is 0.0338. The number of nitrogens with zero attached hydrogens (tertiary/aromatic N) is 1. The fourth-order valence-electron chi connectivity index (χ4n) is 6.05. The molecule has 0 bridgehead atoms. The lowest BCUT2D eigenvalue weighted by Gasteiger charge is -2.28. The van der Waals surface area contributed by atoms with Crippen molar-refractivity contribution in [3.05, 3.63) is 36.5 Å². The van der Waals surface area contributed by atoms with Crippen molar-refractivity contribution in [2.45, 2.75) is 200 Å². The van der Waals surface area contributed by atoms with Gasteiger partial charge in [0.25, 0.3) is 7.82 Å². The van der Waals surface area contributed by atoms with Crippen LogP contribution in [0.1, 0.15) is 194 Å². The van der Waals surface area contributed by atoms with Crippen molar-refractivity contribution in [2.24, 2.45) is 0 Å². The van der Waals surface area contributed by atoms with E-state index in [9.17, 15) is 19.0 Å². The fourth-order valence-corrected chi connectivity index (χ4v) is 6.78. The molecule has 328 valence electrons. The molecule has 56 heavy (non-hydrogen) atoms. The zero-order valence-corrected chi connectivity index (χ0v) is 37.7. The lowest BCUT2D eigenvalue weighted by atomic mass is 10.1. The topological polar surface area (TPSA) is 111 Å². The van der Waals surface area contributed by atoms with Crippen LogP contribution in [0.4, 0.5) is 0 Å². The summed E-state index contributed by atoms with van der Waals surface area (Å²) >= 11 is 0. The number of quaternary nitrogens is 1. The maximum atomic E-state index is 12.7. The second-order valence-electron chi connectivity index (χ2n) is 16.4. The molecule has 0 radical (unpaired) electrons. The van der Waals surface area contributed by atoms with Gasteiger partial charge in [-0.25, -0.2) is 0 Å². The van der Waals surface area contributed by atoms with Crippen LogP contribution in [-0.2, 0) is 32.7 Å². The third kappa shape index (κ3) is 41.9. The highest BCUT2D eigenvalue weighted by molar-refractivity contribution is 7.45. The molecule has 0 spiro atoms. The Hall–Kier alpha value is -1.77. The van der Waals surface area contributed by atoms with E-state index in [2.05, 4.69) is 50.3 Å². The van der Waals surface area contributed by atoms with Gasteiger partial charge in [0.15, 0.2) is 6.10 Å². The molecule has 0 fully saturated rings. The molecule has 0 aromatic heterocycles. The minimum atomic E-state index is -4.63. The molecule has 0 N–H and O–H groups in total. The van der Waals surface area contributed by atoms with Crippen LogP contribution >= 0.6 is 7.82 Å². The van der Waals surface area contributed by atoms with Crippen molar-refractivity contribution in [1.82, 2.24) is 0 Å². The summed E-state index contributed by atoms with van der Waals surface area (Å²) in [5.74, 6) is -0.852. The summed E-state index contributed by atoms with van der Waals surface area (Å²) in [6.07, 6.45) is 43.0. The van der Waals surface area contributed by atoms with Gasteiger partial charge < -0.3 is 27.9 Å². The predicted molar refractivity (Wildman–Crippen MR) is 231 cm³/mol. The summed E-state index contributed by atoms with van der Waals surface area (Å²) in [5, 5.41) is 0. The second kappa shape index (κ2) is 38.7. The normalized spacial score (nSPS) is 13.9. The minimum Gasteiger partial charge on any atom is -0.756 e. The highest BCUT2D eigenvalue weighted by Crippen LogP contribution is 2.38. The highest BCUT2D eigenvalue weighted by atomic mass is 31.2. The molecule has 10 heteroatoms. The molecule has 9 nitrogen and oxygen atoms in total. The van der Waals surface area contributed by atoms with Crippen LogP contribution in [0.2, 0.25) is 0 Å². The Labute approximate surface area is 344 Å². The molecule has 0 aromatic carbocycles. The molecule has 0 aliphatic carbocycles. The number of hydrogen-bond donors (Lipinski definition) is 0. The number of unbranched alkanes of at least 4 members (excludes halogenated alkanes) is 22. The number of esters is 2. The quantitative estimate of drug-likeness (QED) is 0.0150. The first-order valence-corrected chi connectivity index (χ1v) is 24.2. The number of ether oxygens (including phenoxy) is 2. The number of likely N-dealkylation sites (N-methyl/N-ethyl adjacent to an activating group) is 1. The highest BCUT2D eigenvalue weighted by Gasteiger charge is 2.21. The average Bonchev–Trinajstić information content (AvgIpc) is 3.15. The van der Waals surface area contributed by atoms with Crippen molar-refractivity contribution in [2.75, 3.05) is 47.5 Å². The summed E-state index contributed by atoms with van der Waals surface area (Å²) in [5.41, 5.74) is 0. The van der Waals surface area contributed by atoms with E-state index in [0.717, 1.165) is 57.8 Å². The molecule has 0 saturated carbocycles. The number of phosphoric ester groups is 1. The van der Waals surface area contributed by atoms with Crippen molar-refractivity contribution >= 4 is 19.8 Å². The van der Waals surface area contributed by atoms with Gasteiger partial charge in [-0.05, 0) is 64.2 Å². The van der Waals surface area contributed by atoms with Crippen LogP contribution < -0.4 is 4.89 Å². The van der Waals surface area contributed by atoms with Crippen LogP contribution in [0.3, 0.4) is 0 Å². The van der Waals surface area contributed by atoms with E-state index in [0.29, 0.717) is 23.9 Å². The number of allylic oxidation sites excluding steroid dienone is 6. The molecule has 0 rings (SSSR count). The Kier molecular flexibility index (Phi) is 37.5. The van der Waals surface area contributed by atoms with Crippen LogP contribution in [0, 0.1) is 0 Å². The van der Waals surface area contributed by atoms with Crippen LogP contribution in [0.25, 0.3) is 0 Å². The molecular formula is C46H86NO8P. The number of carbonyl (C=O) groups is 2. The molecular weight excluding hydrogens is 725 g/mol. The summed E-state index contributed by atoms with van der Waals surface area (Å²) < 4.78 is 33.9. The number of carbonyl (C=O) groups excluding carboxylic acids is 2. The molecule has 0 aliphatic rings. The zero-order valence-electron chi connectivity index (χ0n) is 36.8. The van der Waals surface area contributed by atoms with Crippen molar-refractivity contribution in [3.8, 4) is 0 Å². The van der Waals surface area contributed by atoms with Crippen LogP contribution in [0.15, 0.2) is 36.5 Å². The smallest absolute Gasteiger partial charge is 0.306 e. The summed E-state index contributed by atoms with van der Waals surface area (Å²) in [7, 11) is 1.15. The van der Waals surface area contributed by atoms with Gasteiger partial charge >= 0.3 is 11.9 Å². The van der Waals surface area contributed by atoms with E-state index in [-0.39, 0.29) is 26.1 Å². The monoisotopic (exact) mass is 812 g/mol. The average molecular weight is 812 g/mol. The molecule has 0 aromatic rings. The number of phosphoric acid groups is 1. The summed E-state index contributed by atoms with van der Waals surface area (Å²) in [6.45, 7) is 4.18. The SMILES string of the molecule is CCCCCC/C=C/C=C/CCCCCCCC(=O)OC[C@H](COP(=O)([O-])OCC[N+](C)(C)C)OC(=O)CCCCCCCCCCC/C=C/CCCCCC. The molecule has 0 heterocycles. The van der Waals surface area contributed by atoms with Crippen LogP contribution in [0.5, 0.6) is 0 Å². The van der Waals surface area contributed by atoms with Crippen molar-refractivity contribution in [1.29, 1.82) is 0 Å². The van der Waals surface area contributed by atoms with Gasteiger partial charge in [-0.15, -0.1) is 0 Å². The van der Waals surface area contributed by atoms with Gasteiger partial charge in [-0.2, -0.15) is 0 Å². The Balaban J connectivity index is 4.36. The summed E-state index contributed by atoms with van der Waals surface area (Å²) in [6, 6.07) is 0. The van der Waals surface area contributed by atoms with E-state index in [1.165, 1.54) is 96.3 Å². The Morgan fingerprint density at radius 1 is 0.554 bits per heavy atom. The predicted octanol–water partition coefficient (Wildman–Crippen LogP) is 12.3. The lowest BCUT2D eigenvalue weighted by molar-refractivity contribution is -0.870. The van der Waals surface area contributed by atoms with E-state index in [1.54, 1.807) is 0 Å². The van der Waals surface area contributed by atoms with Crippen LogP contribution in [-0.4, -0.2) is 70.0 Å². The standard InChI is InChI=1S/C46H86NO8P/c1-6-8-10-12-14-16-18-20-22-23-25-27-29-31-33-35-37-39-46(49)55-44(43-54-56(50,51)53-41-40-47(3,4)5)42-52-45(48)38-36-34-32-30-28-26-24-21-19-17-15-13-11-9-7-2/h16-19,21,24,44H,6-15,20,22-23,25-43H2,1-5H3/b18-16+,19-17+,24-21+/t44-/m1/s1. The molecule has 0 amide bonds. The van der Waals surface area contributed by atoms with E-state index >= 15 is 0 Å². The first-order chi connectivity index (χ1) is 27.0. The maximum absolute atomic E-state index is 12.7. The first-order valence-electron chi connectivity index (χ1n) is 22.7. The first kappa shape index (κ1) is 54.2. The number of rotatable bonds is 41. The van der Waals surface area contributed by atoms with Gasteiger partial charge in [0.1, 0.15) is 19.8 Å². The molecule has 0 saturated heterocycles. The molecule has 1 unspecified atom stereocenters.